The smallest absolute Gasteiger partial charge is 0.129 e. The van der Waals surface area contributed by atoms with Gasteiger partial charge in [0.15, 0.2) is 0 Å². The molecule has 1 aromatic heterocycles. The van der Waals surface area contributed by atoms with Crippen LogP contribution in [0.25, 0.3) is 0 Å². The maximum atomic E-state index is 4.52. The fourth-order valence-corrected chi connectivity index (χ4v) is 2.98. The van der Waals surface area contributed by atoms with Crippen molar-refractivity contribution < 1.29 is 0 Å². The zero-order chi connectivity index (χ0) is 13.8. The topological polar surface area (TPSA) is 24.9 Å². The van der Waals surface area contributed by atoms with E-state index in [0.29, 0.717) is 6.04 Å². The third kappa shape index (κ3) is 2.84. The number of hydrogen-bond donors (Lipinski definition) is 1. The van der Waals surface area contributed by atoms with Gasteiger partial charge in [0.2, 0.25) is 0 Å². The molecule has 0 spiro atoms. The fourth-order valence-electron chi connectivity index (χ4n) is 2.98. The molecule has 1 N–H and O–H groups in total. The van der Waals surface area contributed by atoms with E-state index in [2.05, 4.69) is 53.6 Å². The zero-order valence-corrected chi connectivity index (χ0v) is 12.1. The van der Waals surface area contributed by atoms with Crippen LogP contribution in [0.2, 0.25) is 0 Å². The van der Waals surface area contributed by atoms with Gasteiger partial charge in [0, 0.05) is 12.2 Å². The van der Waals surface area contributed by atoms with E-state index < -0.39 is 0 Å². The third-order valence-electron chi connectivity index (χ3n) is 4.26. The first-order chi connectivity index (χ1) is 9.86. The van der Waals surface area contributed by atoms with Gasteiger partial charge < -0.3 is 5.32 Å². The van der Waals surface area contributed by atoms with Crippen molar-refractivity contribution in [2.24, 2.45) is 0 Å². The molecule has 1 aliphatic heterocycles. The Bertz CT molecular complexity index is 563. The van der Waals surface area contributed by atoms with Crippen molar-refractivity contribution in [3.8, 4) is 0 Å². The normalized spacial score (nSPS) is 17.4. The van der Waals surface area contributed by atoms with Gasteiger partial charge in [-0.1, -0.05) is 37.3 Å². The van der Waals surface area contributed by atoms with Crippen molar-refractivity contribution in [3.63, 3.8) is 0 Å². The van der Waals surface area contributed by atoms with Gasteiger partial charge in [-0.3, -0.25) is 0 Å². The summed E-state index contributed by atoms with van der Waals surface area (Å²) in [6, 6.07) is 13.5. The number of pyridine rings is 1. The van der Waals surface area contributed by atoms with Crippen molar-refractivity contribution in [1.29, 1.82) is 0 Å². The summed E-state index contributed by atoms with van der Waals surface area (Å²) in [6.45, 7) is 2.24. The van der Waals surface area contributed by atoms with Crippen molar-refractivity contribution in [2.75, 3.05) is 5.32 Å². The van der Waals surface area contributed by atoms with Crippen LogP contribution in [0.4, 0.5) is 5.82 Å². The summed E-state index contributed by atoms with van der Waals surface area (Å²) in [6.07, 6.45) is 7.73. The quantitative estimate of drug-likeness (QED) is 0.904. The molecular weight excluding hydrogens is 244 g/mol. The predicted molar refractivity (Wildman–Crippen MR) is 84.1 cm³/mol. The van der Waals surface area contributed by atoms with Gasteiger partial charge in [-0.25, -0.2) is 4.98 Å². The lowest BCUT2D eigenvalue weighted by Gasteiger charge is -2.26. The summed E-state index contributed by atoms with van der Waals surface area (Å²) in [5, 5.41) is 3.57. The SMILES string of the molecule is CC[C@H]1CCc2c(CCc3ccccc3)ccnc2N1. The second-order valence-electron chi connectivity index (χ2n) is 5.57. The third-order valence-corrected chi connectivity index (χ3v) is 4.26. The summed E-state index contributed by atoms with van der Waals surface area (Å²) >= 11 is 0. The first-order valence-corrected chi connectivity index (χ1v) is 7.64. The molecule has 2 aromatic rings. The molecule has 1 atom stereocenters. The van der Waals surface area contributed by atoms with Crippen molar-refractivity contribution in [3.05, 3.63) is 59.3 Å². The molecule has 0 bridgehead atoms. The molecule has 0 unspecified atom stereocenters. The number of aryl methyl sites for hydroxylation is 2. The molecular formula is C18H22N2. The Morgan fingerprint density at radius 3 is 2.80 bits per heavy atom. The first kappa shape index (κ1) is 13.2. The lowest BCUT2D eigenvalue weighted by atomic mass is 9.93. The number of anilines is 1. The van der Waals surface area contributed by atoms with E-state index in [1.54, 1.807) is 0 Å². The highest BCUT2D eigenvalue weighted by molar-refractivity contribution is 5.51. The lowest BCUT2D eigenvalue weighted by molar-refractivity contribution is 0.605. The largest absolute Gasteiger partial charge is 0.367 e. The number of nitrogens with zero attached hydrogens (tertiary/aromatic N) is 1. The van der Waals surface area contributed by atoms with Crippen LogP contribution in [0.3, 0.4) is 0 Å². The monoisotopic (exact) mass is 266 g/mol. The van der Waals surface area contributed by atoms with Crippen LogP contribution in [-0.4, -0.2) is 11.0 Å². The van der Waals surface area contributed by atoms with E-state index in [1.807, 2.05) is 6.20 Å². The minimum absolute atomic E-state index is 0.597. The molecule has 0 amide bonds. The average molecular weight is 266 g/mol. The molecule has 2 nitrogen and oxygen atoms in total. The Morgan fingerprint density at radius 1 is 1.15 bits per heavy atom. The maximum Gasteiger partial charge on any atom is 0.129 e. The molecule has 1 aliphatic rings. The second kappa shape index (κ2) is 6.08. The lowest BCUT2D eigenvalue weighted by Crippen LogP contribution is -2.26. The van der Waals surface area contributed by atoms with Crippen LogP contribution in [0.5, 0.6) is 0 Å². The van der Waals surface area contributed by atoms with E-state index in [0.717, 1.165) is 18.7 Å². The number of rotatable bonds is 4. The summed E-state index contributed by atoms with van der Waals surface area (Å²) in [5.41, 5.74) is 4.31. The Kier molecular flexibility index (Phi) is 4.00. The van der Waals surface area contributed by atoms with Gasteiger partial charge >= 0.3 is 0 Å². The van der Waals surface area contributed by atoms with Gasteiger partial charge in [-0.05, 0) is 54.9 Å². The molecule has 20 heavy (non-hydrogen) atoms. The molecule has 0 saturated carbocycles. The molecule has 2 heterocycles. The second-order valence-corrected chi connectivity index (χ2v) is 5.57. The number of hydrogen-bond acceptors (Lipinski definition) is 2. The highest BCUT2D eigenvalue weighted by atomic mass is 15.0. The molecule has 0 fully saturated rings. The number of nitrogens with one attached hydrogen (secondary N) is 1. The summed E-state index contributed by atoms with van der Waals surface area (Å²) in [7, 11) is 0. The molecule has 1 aromatic carbocycles. The number of benzene rings is 1. The van der Waals surface area contributed by atoms with Crippen LogP contribution in [-0.2, 0) is 19.3 Å². The Labute approximate surface area is 121 Å². The first-order valence-electron chi connectivity index (χ1n) is 7.64. The van der Waals surface area contributed by atoms with E-state index in [-0.39, 0.29) is 0 Å². The minimum atomic E-state index is 0.597. The Balaban J connectivity index is 1.75. The van der Waals surface area contributed by atoms with Crippen LogP contribution in [0.1, 0.15) is 36.5 Å². The molecule has 104 valence electrons. The highest BCUT2D eigenvalue weighted by Crippen LogP contribution is 2.27. The van der Waals surface area contributed by atoms with Crippen molar-refractivity contribution >= 4 is 5.82 Å². The Hall–Kier alpha value is -1.83. The van der Waals surface area contributed by atoms with E-state index in [9.17, 15) is 0 Å². The molecule has 0 aliphatic carbocycles. The van der Waals surface area contributed by atoms with Crippen LogP contribution >= 0.6 is 0 Å². The molecule has 0 saturated heterocycles. The summed E-state index contributed by atoms with van der Waals surface area (Å²) in [5.74, 6) is 1.12. The molecule has 3 rings (SSSR count). The average Bonchev–Trinajstić information content (AvgIpc) is 2.53. The maximum absolute atomic E-state index is 4.52. The Morgan fingerprint density at radius 2 is 2.00 bits per heavy atom. The van der Waals surface area contributed by atoms with Gasteiger partial charge in [-0.15, -0.1) is 0 Å². The molecule has 2 heteroatoms. The zero-order valence-electron chi connectivity index (χ0n) is 12.1. The van der Waals surface area contributed by atoms with Gasteiger partial charge in [0.25, 0.3) is 0 Å². The number of aromatic nitrogens is 1. The van der Waals surface area contributed by atoms with Crippen LogP contribution in [0.15, 0.2) is 42.6 Å². The van der Waals surface area contributed by atoms with E-state index >= 15 is 0 Å². The highest BCUT2D eigenvalue weighted by Gasteiger charge is 2.19. The van der Waals surface area contributed by atoms with Gasteiger partial charge in [0.05, 0.1) is 0 Å². The van der Waals surface area contributed by atoms with E-state index in [1.165, 1.54) is 36.0 Å². The van der Waals surface area contributed by atoms with Crippen molar-refractivity contribution in [2.45, 2.75) is 45.1 Å². The fraction of sp³-hybridized carbons (Fsp3) is 0.389. The van der Waals surface area contributed by atoms with Gasteiger partial charge in [0.1, 0.15) is 5.82 Å². The van der Waals surface area contributed by atoms with E-state index in [4.69, 9.17) is 0 Å². The molecule has 0 radical (unpaired) electrons. The minimum Gasteiger partial charge on any atom is -0.367 e. The van der Waals surface area contributed by atoms with Crippen LogP contribution < -0.4 is 5.32 Å². The summed E-state index contributed by atoms with van der Waals surface area (Å²) < 4.78 is 0. The predicted octanol–water partition coefficient (Wildman–Crippen LogP) is 4.00. The number of fused-ring (bicyclic) bond motifs is 1. The van der Waals surface area contributed by atoms with Crippen molar-refractivity contribution in [1.82, 2.24) is 4.98 Å². The van der Waals surface area contributed by atoms with Crippen LogP contribution in [0, 0.1) is 0 Å². The van der Waals surface area contributed by atoms with Gasteiger partial charge in [-0.2, -0.15) is 0 Å². The standard InChI is InChI=1S/C18H22N2/c1-2-16-10-11-17-15(12-13-19-18(17)20-16)9-8-14-6-4-3-5-7-14/h3-7,12-13,16H,2,8-11H2,1H3,(H,19,20)/t16-/m0/s1. The summed E-state index contributed by atoms with van der Waals surface area (Å²) in [4.78, 5) is 4.52.